The van der Waals surface area contributed by atoms with Crippen LogP contribution in [0.3, 0.4) is 0 Å². The molecule has 0 saturated carbocycles. The maximum absolute atomic E-state index is 9.99. The van der Waals surface area contributed by atoms with E-state index in [1.165, 1.54) is 15.3 Å². The fourth-order valence-electron chi connectivity index (χ4n) is 1.69. The minimum atomic E-state index is -0.613. The summed E-state index contributed by atoms with van der Waals surface area (Å²) in [4.78, 5) is 2.72. The minimum absolute atomic E-state index is 0.613. The number of nitrogens with one attached hydrogen (secondary N) is 1. The van der Waals surface area contributed by atoms with Gasteiger partial charge < -0.3 is 10.4 Å². The molecule has 0 fully saturated rings. The first-order valence-corrected chi connectivity index (χ1v) is 7.63. The van der Waals surface area contributed by atoms with Crippen molar-refractivity contribution in [2.45, 2.75) is 32.9 Å². The Labute approximate surface area is 106 Å². The predicted molar refractivity (Wildman–Crippen MR) is 74.5 cm³/mol. The van der Waals surface area contributed by atoms with Gasteiger partial charge in [-0.05, 0) is 38.7 Å². The van der Waals surface area contributed by atoms with Crippen molar-refractivity contribution in [1.29, 1.82) is 0 Å². The zero-order valence-electron chi connectivity index (χ0n) is 10.5. The number of hydrogen-bond acceptors (Lipinski definition) is 4. The molecular formula is C12H21NOS2. The Morgan fingerprint density at radius 2 is 2.19 bits per heavy atom. The number of rotatable bonds is 6. The van der Waals surface area contributed by atoms with Crippen LogP contribution in [0.15, 0.2) is 6.07 Å². The summed E-state index contributed by atoms with van der Waals surface area (Å²) >= 11 is 3.50. The van der Waals surface area contributed by atoms with Gasteiger partial charge in [-0.25, -0.2) is 0 Å². The number of aryl methyl sites for hydroxylation is 2. The molecule has 0 aromatic carbocycles. The third-order valence-electron chi connectivity index (χ3n) is 2.42. The summed E-state index contributed by atoms with van der Waals surface area (Å²) in [6.45, 7) is 7.64. The second kappa shape index (κ2) is 6.05. The normalized spacial score (nSPS) is 15.1. The lowest BCUT2D eigenvalue weighted by Gasteiger charge is -2.22. The summed E-state index contributed by atoms with van der Waals surface area (Å²) in [6, 6.07) is 2.22. The van der Waals surface area contributed by atoms with Crippen LogP contribution in [0.1, 0.15) is 22.2 Å². The van der Waals surface area contributed by atoms with Crippen molar-refractivity contribution < 1.29 is 5.11 Å². The van der Waals surface area contributed by atoms with Gasteiger partial charge >= 0.3 is 0 Å². The minimum Gasteiger partial charge on any atom is -0.388 e. The van der Waals surface area contributed by atoms with Crippen LogP contribution >= 0.6 is 23.1 Å². The molecule has 0 saturated heterocycles. The molecule has 0 aliphatic rings. The van der Waals surface area contributed by atoms with Crippen molar-refractivity contribution >= 4 is 23.1 Å². The van der Waals surface area contributed by atoms with Crippen LogP contribution in [0, 0.1) is 13.8 Å². The molecule has 1 aromatic heterocycles. The van der Waals surface area contributed by atoms with Crippen molar-refractivity contribution in [3.63, 3.8) is 0 Å². The van der Waals surface area contributed by atoms with Gasteiger partial charge in [-0.3, -0.25) is 0 Å². The maximum Gasteiger partial charge on any atom is 0.0833 e. The highest BCUT2D eigenvalue weighted by molar-refractivity contribution is 7.98. The second-order valence-electron chi connectivity index (χ2n) is 4.47. The topological polar surface area (TPSA) is 32.3 Å². The lowest BCUT2D eigenvalue weighted by molar-refractivity contribution is 0.0846. The van der Waals surface area contributed by atoms with E-state index in [-0.39, 0.29) is 0 Å². The average molecular weight is 259 g/mol. The van der Waals surface area contributed by atoms with Crippen LogP contribution < -0.4 is 5.32 Å². The van der Waals surface area contributed by atoms with Gasteiger partial charge in [0.1, 0.15) is 0 Å². The Hall–Kier alpha value is -0.0300. The lowest BCUT2D eigenvalue weighted by atomic mass is 10.1. The first kappa shape index (κ1) is 14.0. The molecule has 2 nitrogen and oxygen atoms in total. The highest BCUT2D eigenvalue weighted by Gasteiger charge is 2.18. The first-order chi connectivity index (χ1) is 7.44. The molecule has 4 heteroatoms. The van der Waals surface area contributed by atoms with E-state index in [0.29, 0.717) is 6.54 Å². The Balaban J connectivity index is 2.38. The molecule has 1 aromatic rings. The molecule has 0 aliphatic heterocycles. The standard InChI is InChI=1S/C12H21NOS2/c1-9-5-11(10(2)16-9)6-13-7-12(3,14)8-15-4/h5,13-14H,6-8H2,1-4H3. The van der Waals surface area contributed by atoms with Gasteiger partial charge in [0.2, 0.25) is 0 Å². The molecule has 1 atom stereocenters. The fraction of sp³-hybridized carbons (Fsp3) is 0.667. The van der Waals surface area contributed by atoms with Crippen molar-refractivity contribution in [2.75, 3.05) is 18.6 Å². The molecule has 92 valence electrons. The van der Waals surface area contributed by atoms with E-state index in [1.807, 2.05) is 24.5 Å². The van der Waals surface area contributed by atoms with E-state index >= 15 is 0 Å². The SMILES string of the molecule is CSCC(C)(O)CNCc1cc(C)sc1C. The van der Waals surface area contributed by atoms with Gasteiger partial charge in [-0.15, -0.1) is 11.3 Å². The van der Waals surface area contributed by atoms with Crippen LogP contribution in [0.25, 0.3) is 0 Å². The molecular weight excluding hydrogens is 238 g/mol. The molecule has 0 bridgehead atoms. The van der Waals surface area contributed by atoms with Gasteiger partial charge in [-0.2, -0.15) is 11.8 Å². The van der Waals surface area contributed by atoms with E-state index in [1.54, 1.807) is 11.8 Å². The maximum atomic E-state index is 9.99. The van der Waals surface area contributed by atoms with Crippen molar-refractivity contribution in [2.24, 2.45) is 0 Å². The zero-order chi connectivity index (χ0) is 12.2. The van der Waals surface area contributed by atoms with Crippen LogP contribution in [0.5, 0.6) is 0 Å². The van der Waals surface area contributed by atoms with E-state index in [4.69, 9.17) is 0 Å². The van der Waals surface area contributed by atoms with Gasteiger partial charge in [-0.1, -0.05) is 0 Å². The highest BCUT2D eigenvalue weighted by atomic mass is 32.2. The van der Waals surface area contributed by atoms with E-state index in [0.717, 1.165) is 12.3 Å². The Kier molecular flexibility index (Phi) is 5.31. The Morgan fingerprint density at radius 3 is 2.69 bits per heavy atom. The molecule has 0 radical (unpaired) electrons. The van der Waals surface area contributed by atoms with Crippen LogP contribution in [-0.4, -0.2) is 29.3 Å². The quantitative estimate of drug-likeness (QED) is 0.823. The van der Waals surface area contributed by atoms with E-state index in [9.17, 15) is 5.11 Å². The summed E-state index contributed by atoms with van der Waals surface area (Å²) in [5.74, 6) is 0.766. The Bertz CT molecular complexity index is 334. The number of thioether (sulfide) groups is 1. The summed E-state index contributed by atoms with van der Waals surface area (Å²) in [6.07, 6.45) is 2.01. The highest BCUT2D eigenvalue weighted by Crippen LogP contribution is 2.20. The van der Waals surface area contributed by atoms with Crippen molar-refractivity contribution in [3.05, 3.63) is 21.4 Å². The Morgan fingerprint density at radius 1 is 1.50 bits per heavy atom. The summed E-state index contributed by atoms with van der Waals surface area (Å²) in [5, 5.41) is 13.3. The molecule has 2 N–H and O–H groups in total. The average Bonchev–Trinajstić information content (AvgIpc) is 2.44. The fourth-order valence-corrected chi connectivity index (χ4v) is 3.36. The van der Waals surface area contributed by atoms with Gasteiger partial charge in [0, 0.05) is 28.6 Å². The monoisotopic (exact) mass is 259 g/mol. The number of aliphatic hydroxyl groups is 1. The third-order valence-corrected chi connectivity index (χ3v) is 4.34. The lowest BCUT2D eigenvalue weighted by Crippen LogP contribution is -2.39. The largest absolute Gasteiger partial charge is 0.388 e. The summed E-state index contributed by atoms with van der Waals surface area (Å²) in [5.41, 5.74) is 0.737. The first-order valence-electron chi connectivity index (χ1n) is 5.42. The molecule has 1 heterocycles. The van der Waals surface area contributed by atoms with Crippen LogP contribution in [0.2, 0.25) is 0 Å². The van der Waals surface area contributed by atoms with Crippen LogP contribution in [0.4, 0.5) is 0 Å². The summed E-state index contributed by atoms with van der Waals surface area (Å²) < 4.78 is 0. The summed E-state index contributed by atoms with van der Waals surface area (Å²) in [7, 11) is 0. The van der Waals surface area contributed by atoms with Crippen molar-refractivity contribution in [1.82, 2.24) is 5.32 Å². The second-order valence-corrected chi connectivity index (χ2v) is 6.80. The van der Waals surface area contributed by atoms with E-state index in [2.05, 4.69) is 25.2 Å². The van der Waals surface area contributed by atoms with Gasteiger partial charge in [0.25, 0.3) is 0 Å². The van der Waals surface area contributed by atoms with Crippen LogP contribution in [-0.2, 0) is 6.54 Å². The smallest absolute Gasteiger partial charge is 0.0833 e. The molecule has 0 amide bonds. The van der Waals surface area contributed by atoms with Gasteiger partial charge in [0.05, 0.1) is 5.60 Å². The molecule has 16 heavy (non-hydrogen) atoms. The third kappa shape index (κ3) is 4.45. The number of thiophene rings is 1. The molecule has 0 aliphatic carbocycles. The molecule has 1 rings (SSSR count). The number of hydrogen-bond donors (Lipinski definition) is 2. The molecule has 0 spiro atoms. The van der Waals surface area contributed by atoms with Gasteiger partial charge in [0.15, 0.2) is 0 Å². The van der Waals surface area contributed by atoms with E-state index < -0.39 is 5.60 Å². The predicted octanol–water partition coefficient (Wildman–Crippen LogP) is 2.57. The molecule has 1 unspecified atom stereocenters. The van der Waals surface area contributed by atoms with Crippen molar-refractivity contribution in [3.8, 4) is 0 Å². The zero-order valence-corrected chi connectivity index (χ0v) is 12.1.